The highest BCUT2D eigenvalue weighted by molar-refractivity contribution is 7.11. The van der Waals surface area contributed by atoms with Gasteiger partial charge in [-0.15, -0.1) is 11.3 Å². The highest BCUT2D eigenvalue weighted by atomic mass is 32.1. The van der Waals surface area contributed by atoms with Crippen molar-refractivity contribution in [3.63, 3.8) is 0 Å². The first kappa shape index (κ1) is 15.9. The number of methoxy groups -OCH3 is 1. The van der Waals surface area contributed by atoms with E-state index in [1.54, 1.807) is 18.4 Å². The lowest BCUT2D eigenvalue weighted by Gasteiger charge is -2.08. The molecule has 0 amide bonds. The quantitative estimate of drug-likeness (QED) is 0.758. The number of hydrogen-bond donors (Lipinski definition) is 1. The zero-order valence-corrected chi connectivity index (χ0v) is 13.6. The molecule has 0 spiro atoms. The second kappa shape index (κ2) is 8.12. The molecule has 1 heterocycles. The van der Waals surface area contributed by atoms with Gasteiger partial charge in [0.05, 0.1) is 37.1 Å². The average molecular weight is 306 g/mol. The van der Waals surface area contributed by atoms with Crippen LogP contribution < -0.4 is 5.32 Å². The Bertz CT molecular complexity index is 569. The summed E-state index contributed by atoms with van der Waals surface area (Å²) in [5.74, 6) is 0. The number of hydrogen-bond acceptors (Lipinski definition) is 5. The van der Waals surface area contributed by atoms with E-state index in [-0.39, 0.29) is 0 Å². The third-order valence-corrected chi connectivity index (χ3v) is 4.15. The maximum atomic E-state index is 5.54. The van der Waals surface area contributed by atoms with Crippen molar-refractivity contribution in [1.82, 2.24) is 4.98 Å². The van der Waals surface area contributed by atoms with Crippen LogP contribution in [0.2, 0.25) is 0 Å². The van der Waals surface area contributed by atoms with Crippen molar-refractivity contribution in [1.29, 1.82) is 0 Å². The molecule has 0 bridgehead atoms. The zero-order valence-electron chi connectivity index (χ0n) is 12.8. The summed E-state index contributed by atoms with van der Waals surface area (Å²) < 4.78 is 10.5. The van der Waals surface area contributed by atoms with Crippen LogP contribution in [0.3, 0.4) is 0 Å². The molecule has 21 heavy (non-hydrogen) atoms. The van der Waals surface area contributed by atoms with Gasteiger partial charge in [0.25, 0.3) is 0 Å². The summed E-state index contributed by atoms with van der Waals surface area (Å²) in [6.45, 7) is 6.76. The van der Waals surface area contributed by atoms with E-state index in [1.165, 1.54) is 4.88 Å². The molecular weight excluding hydrogens is 284 g/mol. The van der Waals surface area contributed by atoms with Crippen LogP contribution in [0.25, 0.3) is 0 Å². The molecule has 2 rings (SSSR count). The Kier molecular flexibility index (Phi) is 6.17. The molecule has 0 saturated carbocycles. The van der Waals surface area contributed by atoms with E-state index < -0.39 is 0 Å². The monoisotopic (exact) mass is 306 g/mol. The predicted molar refractivity (Wildman–Crippen MR) is 86.9 cm³/mol. The van der Waals surface area contributed by atoms with Gasteiger partial charge in [-0.2, -0.15) is 0 Å². The summed E-state index contributed by atoms with van der Waals surface area (Å²) in [5, 5.41) is 4.56. The Hall–Kier alpha value is -1.43. The van der Waals surface area contributed by atoms with E-state index in [0.29, 0.717) is 19.8 Å². The first-order valence-electron chi connectivity index (χ1n) is 7.01. The van der Waals surface area contributed by atoms with E-state index in [4.69, 9.17) is 9.47 Å². The highest BCUT2D eigenvalue weighted by Gasteiger charge is 2.04. The minimum absolute atomic E-state index is 0.609. The zero-order chi connectivity index (χ0) is 15.1. The van der Waals surface area contributed by atoms with Crippen molar-refractivity contribution in [3.8, 4) is 0 Å². The standard InChI is InChI=1S/C16H22N2O2S/c1-12-16(21-13(2)18-12)10-17-15-6-4-5-14(9-15)11-20-8-7-19-3/h4-6,9,17H,7-8,10-11H2,1-3H3. The average Bonchev–Trinajstić information content (AvgIpc) is 2.80. The molecule has 1 N–H and O–H groups in total. The van der Waals surface area contributed by atoms with Crippen molar-refractivity contribution in [3.05, 3.63) is 45.4 Å². The Morgan fingerprint density at radius 1 is 1.24 bits per heavy atom. The van der Waals surface area contributed by atoms with Crippen molar-refractivity contribution in [2.75, 3.05) is 25.6 Å². The second-order valence-electron chi connectivity index (χ2n) is 4.84. The van der Waals surface area contributed by atoms with Crippen molar-refractivity contribution in [2.24, 2.45) is 0 Å². The van der Waals surface area contributed by atoms with E-state index in [1.807, 2.05) is 13.0 Å². The molecule has 0 radical (unpaired) electrons. The Morgan fingerprint density at radius 2 is 2.10 bits per heavy atom. The van der Waals surface area contributed by atoms with Gasteiger partial charge in [-0.3, -0.25) is 0 Å². The van der Waals surface area contributed by atoms with Crippen molar-refractivity contribution < 1.29 is 9.47 Å². The maximum Gasteiger partial charge on any atom is 0.0900 e. The number of rotatable bonds is 8. The number of ether oxygens (including phenoxy) is 2. The number of nitrogens with one attached hydrogen (secondary N) is 1. The third kappa shape index (κ3) is 5.12. The molecule has 2 aromatic rings. The van der Waals surface area contributed by atoms with Gasteiger partial charge in [-0.05, 0) is 31.5 Å². The van der Waals surface area contributed by atoms with Crippen LogP contribution in [0.4, 0.5) is 5.69 Å². The number of thiazole rings is 1. The first-order valence-corrected chi connectivity index (χ1v) is 7.83. The van der Waals surface area contributed by atoms with Gasteiger partial charge in [0.2, 0.25) is 0 Å². The summed E-state index contributed by atoms with van der Waals surface area (Å²) in [7, 11) is 1.68. The Balaban J connectivity index is 1.87. The van der Waals surface area contributed by atoms with Gasteiger partial charge in [-0.25, -0.2) is 4.98 Å². The molecule has 0 fully saturated rings. The van der Waals surface area contributed by atoms with Crippen LogP contribution in [-0.4, -0.2) is 25.3 Å². The number of benzene rings is 1. The third-order valence-electron chi connectivity index (χ3n) is 3.08. The summed E-state index contributed by atoms with van der Waals surface area (Å²) in [5.41, 5.74) is 3.38. The molecule has 0 aliphatic carbocycles. The highest BCUT2D eigenvalue weighted by Crippen LogP contribution is 2.19. The van der Waals surface area contributed by atoms with Gasteiger partial charge in [-0.1, -0.05) is 12.1 Å². The molecular formula is C16H22N2O2S. The number of nitrogens with zero attached hydrogens (tertiary/aromatic N) is 1. The van der Waals surface area contributed by atoms with E-state index in [9.17, 15) is 0 Å². The molecule has 4 nitrogen and oxygen atoms in total. The lowest BCUT2D eigenvalue weighted by atomic mass is 10.2. The van der Waals surface area contributed by atoms with Gasteiger partial charge >= 0.3 is 0 Å². The van der Waals surface area contributed by atoms with Crippen LogP contribution in [0, 0.1) is 13.8 Å². The topological polar surface area (TPSA) is 43.4 Å². The van der Waals surface area contributed by atoms with Crippen LogP contribution in [0.5, 0.6) is 0 Å². The molecule has 0 unspecified atom stereocenters. The van der Waals surface area contributed by atoms with Crippen molar-refractivity contribution in [2.45, 2.75) is 27.0 Å². The molecule has 0 aliphatic heterocycles. The van der Waals surface area contributed by atoms with Crippen LogP contribution in [-0.2, 0) is 22.6 Å². The number of aromatic nitrogens is 1. The summed E-state index contributed by atoms with van der Waals surface area (Å²) in [6.07, 6.45) is 0. The summed E-state index contributed by atoms with van der Waals surface area (Å²) in [6, 6.07) is 8.31. The van der Waals surface area contributed by atoms with Gasteiger partial charge < -0.3 is 14.8 Å². The Morgan fingerprint density at radius 3 is 2.81 bits per heavy atom. The SMILES string of the molecule is COCCOCc1cccc(NCc2sc(C)nc2C)c1. The number of anilines is 1. The summed E-state index contributed by atoms with van der Waals surface area (Å²) in [4.78, 5) is 5.73. The van der Waals surface area contributed by atoms with Gasteiger partial charge in [0.1, 0.15) is 0 Å². The Labute approximate surface area is 130 Å². The minimum atomic E-state index is 0.609. The predicted octanol–water partition coefficient (Wildman–Crippen LogP) is 3.54. The molecule has 1 aromatic carbocycles. The maximum absolute atomic E-state index is 5.54. The fourth-order valence-corrected chi connectivity index (χ4v) is 2.90. The fraction of sp³-hybridized carbons (Fsp3) is 0.438. The normalized spacial score (nSPS) is 10.8. The van der Waals surface area contributed by atoms with Crippen LogP contribution in [0.1, 0.15) is 21.1 Å². The molecule has 1 aromatic heterocycles. The lowest BCUT2D eigenvalue weighted by molar-refractivity contribution is 0.0617. The molecule has 5 heteroatoms. The van der Waals surface area contributed by atoms with Gasteiger partial charge in [0, 0.05) is 17.7 Å². The van der Waals surface area contributed by atoms with Crippen molar-refractivity contribution >= 4 is 17.0 Å². The molecule has 0 saturated heterocycles. The van der Waals surface area contributed by atoms with Crippen LogP contribution in [0.15, 0.2) is 24.3 Å². The number of aryl methyl sites for hydroxylation is 2. The van der Waals surface area contributed by atoms with E-state index >= 15 is 0 Å². The van der Waals surface area contributed by atoms with Gasteiger partial charge in [0.15, 0.2) is 0 Å². The minimum Gasteiger partial charge on any atom is -0.382 e. The molecule has 0 aliphatic rings. The fourth-order valence-electron chi connectivity index (χ4n) is 2.02. The largest absolute Gasteiger partial charge is 0.382 e. The first-order chi connectivity index (χ1) is 10.2. The second-order valence-corrected chi connectivity index (χ2v) is 6.13. The smallest absolute Gasteiger partial charge is 0.0900 e. The van der Waals surface area contributed by atoms with Crippen LogP contribution >= 0.6 is 11.3 Å². The molecule has 114 valence electrons. The lowest BCUT2D eigenvalue weighted by Crippen LogP contribution is -2.03. The van der Waals surface area contributed by atoms with E-state index in [0.717, 1.165) is 28.5 Å². The molecule has 0 atom stereocenters. The van der Waals surface area contributed by atoms with E-state index in [2.05, 4.69) is 35.4 Å². The summed E-state index contributed by atoms with van der Waals surface area (Å²) >= 11 is 1.74.